The number of ether oxygens (including phenoxy) is 1. The maximum atomic E-state index is 5.96. The first-order valence-electron chi connectivity index (χ1n) is 4.67. The van der Waals surface area contributed by atoms with Crippen LogP contribution < -0.4 is 0 Å². The lowest BCUT2D eigenvalue weighted by Gasteiger charge is -2.04. The zero-order chi connectivity index (χ0) is 11.4. The van der Waals surface area contributed by atoms with Crippen LogP contribution in [0.5, 0.6) is 0 Å². The summed E-state index contributed by atoms with van der Waals surface area (Å²) < 4.78 is 5.50. The summed E-state index contributed by atoms with van der Waals surface area (Å²) in [6.45, 7) is 0.944. The molecule has 2 aromatic rings. The summed E-state index contributed by atoms with van der Waals surface area (Å²) in [5.74, 6) is 0. The quantitative estimate of drug-likeness (QED) is 0.781. The molecule has 0 unspecified atom stereocenters. The largest absolute Gasteiger partial charge is 0.370 e. The smallest absolute Gasteiger partial charge is 0.129 e. The molecule has 2 rings (SSSR count). The van der Waals surface area contributed by atoms with E-state index in [1.807, 2.05) is 17.5 Å². The van der Waals surface area contributed by atoms with Gasteiger partial charge in [0.05, 0.1) is 23.9 Å². The lowest BCUT2D eigenvalue weighted by atomic mass is 10.4. The highest BCUT2D eigenvalue weighted by Crippen LogP contribution is 2.18. The maximum Gasteiger partial charge on any atom is 0.129 e. The highest BCUT2D eigenvalue weighted by atomic mass is 35.5. The number of pyridine rings is 1. The Labute approximate surface area is 108 Å². The molecule has 0 saturated heterocycles. The minimum Gasteiger partial charge on any atom is -0.370 e. The van der Waals surface area contributed by atoms with Gasteiger partial charge in [-0.05, 0) is 23.6 Å². The van der Waals surface area contributed by atoms with Crippen LogP contribution in [0.3, 0.4) is 0 Å². The van der Waals surface area contributed by atoms with E-state index in [4.69, 9.17) is 27.9 Å². The van der Waals surface area contributed by atoms with Crippen LogP contribution in [-0.4, -0.2) is 4.98 Å². The van der Waals surface area contributed by atoms with Gasteiger partial charge in [0.2, 0.25) is 0 Å². The number of aromatic nitrogens is 1. The molecule has 5 heteroatoms. The second kappa shape index (κ2) is 5.64. The van der Waals surface area contributed by atoms with Crippen LogP contribution in [0.4, 0.5) is 0 Å². The molecule has 0 spiro atoms. The van der Waals surface area contributed by atoms with E-state index in [1.54, 1.807) is 23.5 Å². The van der Waals surface area contributed by atoms with Crippen molar-refractivity contribution in [2.24, 2.45) is 0 Å². The van der Waals surface area contributed by atoms with Gasteiger partial charge in [-0.2, -0.15) is 0 Å². The average molecular weight is 274 g/mol. The Kier molecular flexibility index (Phi) is 4.18. The summed E-state index contributed by atoms with van der Waals surface area (Å²) in [5, 5.41) is 3.03. The van der Waals surface area contributed by atoms with Crippen molar-refractivity contribution in [1.29, 1.82) is 0 Å². The molecular formula is C11H9Cl2NOS. The van der Waals surface area contributed by atoms with Gasteiger partial charge in [0, 0.05) is 4.88 Å². The molecule has 2 heterocycles. The van der Waals surface area contributed by atoms with Gasteiger partial charge in [0.25, 0.3) is 0 Å². The van der Waals surface area contributed by atoms with Gasteiger partial charge in [0.1, 0.15) is 5.15 Å². The standard InChI is InChI=1S/C11H9Cl2NOS/c12-9-3-4-11(13)14-10(9)7-15-6-8-2-1-5-16-8/h1-5H,6-7H2. The number of hydrogen-bond donors (Lipinski definition) is 0. The molecule has 0 bridgehead atoms. The molecule has 2 nitrogen and oxygen atoms in total. The Morgan fingerprint density at radius 3 is 2.81 bits per heavy atom. The van der Waals surface area contributed by atoms with Crippen LogP contribution in [0.15, 0.2) is 29.6 Å². The Hall–Kier alpha value is -0.610. The number of thiophene rings is 1. The highest BCUT2D eigenvalue weighted by Gasteiger charge is 2.03. The van der Waals surface area contributed by atoms with Gasteiger partial charge in [-0.25, -0.2) is 4.98 Å². The van der Waals surface area contributed by atoms with Crippen molar-refractivity contribution in [2.75, 3.05) is 0 Å². The number of rotatable bonds is 4. The SMILES string of the molecule is Clc1ccc(Cl)c(COCc2cccs2)n1. The summed E-state index contributed by atoms with van der Waals surface area (Å²) >= 11 is 13.4. The van der Waals surface area contributed by atoms with E-state index in [0.717, 1.165) is 0 Å². The van der Waals surface area contributed by atoms with E-state index >= 15 is 0 Å². The van der Waals surface area contributed by atoms with E-state index in [2.05, 4.69) is 4.98 Å². The van der Waals surface area contributed by atoms with Crippen molar-refractivity contribution in [3.8, 4) is 0 Å². The molecule has 16 heavy (non-hydrogen) atoms. The van der Waals surface area contributed by atoms with Crippen molar-refractivity contribution in [3.63, 3.8) is 0 Å². The number of nitrogens with zero attached hydrogens (tertiary/aromatic N) is 1. The van der Waals surface area contributed by atoms with Crippen LogP contribution >= 0.6 is 34.5 Å². The first-order valence-corrected chi connectivity index (χ1v) is 6.30. The molecular weight excluding hydrogens is 265 g/mol. The first kappa shape index (κ1) is 11.9. The van der Waals surface area contributed by atoms with Gasteiger partial charge < -0.3 is 4.74 Å². The number of halogens is 2. The monoisotopic (exact) mass is 273 g/mol. The Morgan fingerprint density at radius 1 is 1.19 bits per heavy atom. The summed E-state index contributed by atoms with van der Waals surface area (Å²) in [6.07, 6.45) is 0. The van der Waals surface area contributed by atoms with E-state index in [1.165, 1.54) is 4.88 Å². The molecule has 0 saturated carbocycles. The minimum absolute atomic E-state index is 0.372. The Morgan fingerprint density at radius 2 is 2.06 bits per heavy atom. The van der Waals surface area contributed by atoms with Gasteiger partial charge in [-0.3, -0.25) is 0 Å². The van der Waals surface area contributed by atoms with Crippen LogP contribution in [-0.2, 0) is 18.0 Å². The van der Waals surface area contributed by atoms with Crippen LogP contribution in [0.2, 0.25) is 10.2 Å². The van der Waals surface area contributed by atoms with E-state index in [9.17, 15) is 0 Å². The third kappa shape index (κ3) is 3.19. The van der Waals surface area contributed by atoms with Gasteiger partial charge in [0.15, 0.2) is 0 Å². The molecule has 2 aromatic heterocycles. The fraction of sp³-hybridized carbons (Fsp3) is 0.182. The molecule has 0 radical (unpaired) electrons. The molecule has 0 aliphatic rings. The van der Waals surface area contributed by atoms with Crippen molar-refractivity contribution in [1.82, 2.24) is 4.98 Å². The predicted molar refractivity (Wildman–Crippen MR) is 67.1 cm³/mol. The van der Waals surface area contributed by atoms with Crippen molar-refractivity contribution >= 4 is 34.5 Å². The molecule has 0 aliphatic carbocycles. The highest BCUT2D eigenvalue weighted by molar-refractivity contribution is 7.09. The third-order valence-corrected chi connectivity index (χ3v) is 3.35. The predicted octanol–water partition coefficient (Wildman–Crippen LogP) is 4.17. The maximum absolute atomic E-state index is 5.96. The van der Waals surface area contributed by atoms with Crippen molar-refractivity contribution in [3.05, 3.63) is 50.4 Å². The van der Waals surface area contributed by atoms with Gasteiger partial charge in [-0.15, -0.1) is 11.3 Å². The van der Waals surface area contributed by atoms with E-state index in [0.29, 0.717) is 29.1 Å². The summed E-state index contributed by atoms with van der Waals surface area (Å²) in [4.78, 5) is 5.28. The molecule has 0 amide bonds. The van der Waals surface area contributed by atoms with Crippen molar-refractivity contribution in [2.45, 2.75) is 13.2 Å². The topological polar surface area (TPSA) is 22.1 Å². The van der Waals surface area contributed by atoms with Crippen LogP contribution in [0, 0.1) is 0 Å². The third-order valence-electron chi connectivity index (χ3n) is 1.95. The minimum atomic E-state index is 0.372. The fourth-order valence-electron chi connectivity index (χ4n) is 1.20. The lowest BCUT2D eigenvalue weighted by Crippen LogP contribution is -1.96. The summed E-state index contributed by atoms with van der Waals surface area (Å²) in [7, 11) is 0. The first-order chi connectivity index (χ1) is 7.75. The molecule has 0 aliphatic heterocycles. The van der Waals surface area contributed by atoms with Gasteiger partial charge in [-0.1, -0.05) is 29.3 Å². The second-order valence-electron chi connectivity index (χ2n) is 3.13. The summed E-state index contributed by atoms with van der Waals surface area (Å²) in [6, 6.07) is 7.40. The Balaban J connectivity index is 1.92. The van der Waals surface area contributed by atoms with Crippen LogP contribution in [0.1, 0.15) is 10.6 Å². The molecule has 0 fully saturated rings. The van der Waals surface area contributed by atoms with E-state index < -0.39 is 0 Å². The molecule has 0 N–H and O–H groups in total. The van der Waals surface area contributed by atoms with Gasteiger partial charge >= 0.3 is 0 Å². The molecule has 84 valence electrons. The summed E-state index contributed by atoms with van der Waals surface area (Å²) in [5.41, 5.74) is 0.672. The van der Waals surface area contributed by atoms with Crippen LogP contribution in [0.25, 0.3) is 0 Å². The average Bonchev–Trinajstić information content (AvgIpc) is 2.76. The zero-order valence-corrected chi connectivity index (χ0v) is 10.6. The second-order valence-corrected chi connectivity index (χ2v) is 4.96. The zero-order valence-electron chi connectivity index (χ0n) is 8.32. The van der Waals surface area contributed by atoms with E-state index in [-0.39, 0.29) is 0 Å². The Bertz CT molecular complexity index is 459. The fourth-order valence-corrected chi connectivity index (χ4v) is 2.17. The number of hydrogen-bond acceptors (Lipinski definition) is 3. The molecule has 0 aromatic carbocycles. The normalized spacial score (nSPS) is 10.6. The lowest BCUT2D eigenvalue weighted by molar-refractivity contribution is 0.107. The van der Waals surface area contributed by atoms with Crippen molar-refractivity contribution < 1.29 is 4.74 Å². The molecule has 0 atom stereocenters.